The summed E-state index contributed by atoms with van der Waals surface area (Å²) in [5, 5.41) is 3.98. The summed E-state index contributed by atoms with van der Waals surface area (Å²) in [5.41, 5.74) is 1.83. The summed E-state index contributed by atoms with van der Waals surface area (Å²) < 4.78 is 0. The number of carbonyl (C=O) groups is 1. The van der Waals surface area contributed by atoms with Crippen molar-refractivity contribution in [2.45, 2.75) is 32.7 Å². The van der Waals surface area contributed by atoms with Gasteiger partial charge in [-0.1, -0.05) is 6.92 Å². The van der Waals surface area contributed by atoms with Gasteiger partial charge in [-0.25, -0.2) is 4.98 Å². The van der Waals surface area contributed by atoms with Crippen molar-refractivity contribution < 1.29 is 4.79 Å². The van der Waals surface area contributed by atoms with Crippen LogP contribution in [0, 0.1) is 0 Å². The Morgan fingerprint density at radius 3 is 3.18 bits per heavy atom. The Morgan fingerprint density at radius 1 is 1.59 bits per heavy atom. The zero-order chi connectivity index (χ0) is 12.3. The molecule has 0 radical (unpaired) electrons. The highest BCUT2D eigenvalue weighted by Crippen LogP contribution is 2.15. The number of carbonyl (C=O) groups excluding carboxylic acids is 1. The number of aromatic amines is 1. The molecule has 0 aliphatic heterocycles. The Kier molecular flexibility index (Phi) is 3.42. The van der Waals surface area contributed by atoms with E-state index in [2.05, 4.69) is 22.2 Å². The third-order valence-corrected chi connectivity index (χ3v) is 2.91. The van der Waals surface area contributed by atoms with Gasteiger partial charge in [0.25, 0.3) is 0 Å². The van der Waals surface area contributed by atoms with E-state index in [1.54, 1.807) is 6.20 Å². The predicted octanol–water partition coefficient (Wildman–Crippen LogP) is 2.02. The van der Waals surface area contributed by atoms with Gasteiger partial charge in [0.1, 0.15) is 5.65 Å². The number of nitrogens with one attached hydrogen (secondary N) is 2. The first kappa shape index (κ1) is 11.6. The highest BCUT2D eigenvalue weighted by atomic mass is 16.1. The molecule has 2 rings (SSSR count). The number of aromatic nitrogens is 2. The van der Waals surface area contributed by atoms with Crippen LogP contribution in [0.15, 0.2) is 24.5 Å². The average molecular weight is 231 g/mol. The third-order valence-electron chi connectivity index (χ3n) is 2.91. The van der Waals surface area contributed by atoms with Gasteiger partial charge < -0.3 is 10.3 Å². The summed E-state index contributed by atoms with van der Waals surface area (Å²) in [5.74, 6) is 0.0594. The molecule has 1 atom stereocenters. The lowest BCUT2D eigenvalue weighted by atomic mass is 10.1. The lowest BCUT2D eigenvalue weighted by Crippen LogP contribution is -2.33. The van der Waals surface area contributed by atoms with E-state index < -0.39 is 0 Å². The molecule has 2 heterocycles. The molecule has 0 aromatic carbocycles. The minimum Gasteiger partial charge on any atom is -0.353 e. The van der Waals surface area contributed by atoms with Gasteiger partial charge in [-0.15, -0.1) is 0 Å². The van der Waals surface area contributed by atoms with Gasteiger partial charge in [-0.3, -0.25) is 4.79 Å². The molecule has 4 heteroatoms. The second kappa shape index (κ2) is 4.99. The molecule has 4 nitrogen and oxygen atoms in total. The molecule has 0 fully saturated rings. The fraction of sp³-hybridized carbons (Fsp3) is 0.385. The molecule has 0 saturated heterocycles. The molecule has 17 heavy (non-hydrogen) atoms. The summed E-state index contributed by atoms with van der Waals surface area (Å²) in [6.07, 6.45) is 4.94. The van der Waals surface area contributed by atoms with E-state index >= 15 is 0 Å². The molecule has 2 N–H and O–H groups in total. The predicted molar refractivity (Wildman–Crippen MR) is 67.7 cm³/mol. The van der Waals surface area contributed by atoms with Crippen LogP contribution in [0.3, 0.4) is 0 Å². The minimum absolute atomic E-state index is 0.0594. The molecule has 1 amide bonds. The molecular weight excluding hydrogens is 214 g/mol. The summed E-state index contributed by atoms with van der Waals surface area (Å²) in [7, 11) is 0. The number of fused-ring (bicyclic) bond motifs is 1. The topological polar surface area (TPSA) is 57.8 Å². The molecule has 0 bridgehead atoms. The van der Waals surface area contributed by atoms with Gasteiger partial charge in [0.15, 0.2) is 0 Å². The first-order valence-corrected chi connectivity index (χ1v) is 5.91. The monoisotopic (exact) mass is 231 g/mol. The minimum atomic E-state index is 0.0594. The SMILES string of the molecule is CCC(C)NC(=O)Cc1c[nH]c2ncccc12. The number of pyridine rings is 1. The van der Waals surface area contributed by atoms with E-state index in [1.807, 2.05) is 25.3 Å². The van der Waals surface area contributed by atoms with Gasteiger partial charge >= 0.3 is 0 Å². The molecule has 0 spiro atoms. The van der Waals surface area contributed by atoms with Crippen LogP contribution in [0.5, 0.6) is 0 Å². The average Bonchev–Trinajstić information content (AvgIpc) is 2.72. The Labute approximate surface area is 100 Å². The van der Waals surface area contributed by atoms with E-state index in [0.717, 1.165) is 23.0 Å². The van der Waals surface area contributed by atoms with Crippen molar-refractivity contribution in [3.05, 3.63) is 30.1 Å². The molecule has 0 saturated carbocycles. The summed E-state index contributed by atoms with van der Waals surface area (Å²) in [6, 6.07) is 4.09. The van der Waals surface area contributed by atoms with Crippen LogP contribution in [0.4, 0.5) is 0 Å². The second-order valence-corrected chi connectivity index (χ2v) is 4.27. The summed E-state index contributed by atoms with van der Waals surface area (Å²) >= 11 is 0. The smallest absolute Gasteiger partial charge is 0.224 e. The zero-order valence-electron chi connectivity index (χ0n) is 10.2. The molecule has 1 unspecified atom stereocenters. The van der Waals surface area contributed by atoms with E-state index in [4.69, 9.17) is 0 Å². The number of hydrogen-bond acceptors (Lipinski definition) is 2. The van der Waals surface area contributed by atoms with Crippen molar-refractivity contribution in [2.24, 2.45) is 0 Å². The van der Waals surface area contributed by atoms with Crippen LogP contribution in [-0.4, -0.2) is 21.9 Å². The van der Waals surface area contributed by atoms with Crippen LogP contribution in [0.1, 0.15) is 25.8 Å². The lowest BCUT2D eigenvalue weighted by molar-refractivity contribution is -0.121. The number of hydrogen-bond donors (Lipinski definition) is 2. The number of amides is 1. The highest BCUT2D eigenvalue weighted by Gasteiger charge is 2.10. The molecule has 0 aliphatic carbocycles. The first-order valence-electron chi connectivity index (χ1n) is 5.91. The Hall–Kier alpha value is -1.84. The van der Waals surface area contributed by atoms with Crippen molar-refractivity contribution in [3.8, 4) is 0 Å². The summed E-state index contributed by atoms with van der Waals surface area (Å²) in [4.78, 5) is 19.0. The molecular formula is C13H17N3O. The maximum Gasteiger partial charge on any atom is 0.224 e. The van der Waals surface area contributed by atoms with E-state index in [0.29, 0.717) is 6.42 Å². The van der Waals surface area contributed by atoms with Crippen molar-refractivity contribution in [1.29, 1.82) is 0 Å². The molecule has 2 aromatic heterocycles. The van der Waals surface area contributed by atoms with E-state index in [9.17, 15) is 4.79 Å². The van der Waals surface area contributed by atoms with Crippen molar-refractivity contribution in [1.82, 2.24) is 15.3 Å². The van der Waals surface area contributed by atoms with Gasteiger partial charge in [-0.05, 0) is 31.0 Å². The van der Waals surface area contributed by atoms with Gasteiger partial charge in [0.05, 0.1) is 6.42 Å². The number of rotatable bonds is 4. The standard InChI is InChI=1S/C13H17N3O/c1-3-9(2)16-12(17)7-10-8-15-13-11(10)5-4-6-14-13/h4-6,8-9H,3,7H2,1-2H3,(H,14,15)(H,16,17). The molecule has 90 valence electrons. The highest BCUT2D eigenvalue weighted by molar-refractivity contribution is 5.87. The zero-order valence-corrected chi connectivity index (χ0v) is 10.2. The lowest BCUT2D eigenvalue weighted by Gasteiger charge is -2.10. The van der Waals surface area contributed by atoms with E-state index in [1.165, 1.54) is 0 Å². The Balaban J connectivity index is 2.11. The van der Waals surface area contributed by atoms with Crippen LogP contribution in [0.25, 0.3) is 11.0 Å². The largest absolute Gasteiger partial charge is 0.353 e. The fourth-order valence-electron chi connectivity index (χ4n) is 1.76. The van der Waals surface area contributed by atoms with Crippen molar-refractivity contribution >= 4 is 16.9 Å². The quantitative estimate of drug-likeness (QED) is 0.845. The Bertz CT molecular complexity index is 518. The van der Waals surface area contributed by atoms with Crippen LogP contribution in [-0.2, 0) is 11.2 Å². The van der Waals surface area contributed by atoms with Crippen LogP contribution >= 0.6 is 0 Å². The van der Waals surface area contributed by atoms with Gasteiger partial charge in [-0.2, -0.15) is 0 Å². The maximum absolute atomic E-state index is 11.8. The molecule has 0 aliphatic rings. The van der Waals surface area contributed by atoms with Gasteiger partial charge in [0, 0.05) is 23.8 Å². The first-order chi connectivity index (χ1) is 8.20. The van der Waals surface area contributed by atoms with Crippen molar-refractivity contribution in [3.63, 3.8) is 0 Å². The normalized spacial score (nSPS) is 12.6. The number of nitrogens with zero attached hydrogens (tertiary/aromatic N) is 1. The van der Waals surface area contributed by atoms with Gasteiger partial charge in [0.2, 0.25) is 5.91 Å². The number of H-pyrrole nitrogens is 1. The van der Waals surface area contributed by atoms with Crippen molar-refractivity contribution in [2.75, 3.05) is 0 Å². The third kappa shape index (κ3) is 2.64. The van der Waals surface area contributed by atoms with Crippen LogP contribution < -0.4 is 5.32 Å². The second-order valence-electron chi connectivity index (χ2n) is 4.27. The Morgan fingerprint density at radius 2 is 2.41 bits per heavy atom. The fourth-order valence-corrected chi connectivity index (χ4v) is 1.76. The van der Waals surface area contributed by atoms with Crippen LogP contribution in [0.2, 0.25) is 0 Å². The van der Waals surface area contributed by atoms with E-state index in [-0.39, 0.29) is 11.9 Å². The summed E-state index contributed by atoms with van der Waals surface area (Å²) in [6.45, 7) is 4.06. The maximum atomic E-state index is 11.8. The molecule has 2 aromatic rings.